The maximum atomic E-state index is 12.5. The van der Waals surface area contributed by atoms with Gasteiger partial charge in [-0.05, 0) is 30.0 Å². The Morgan fingerprint density at radius 3 is 2.79 bits per heavy atom. The molecule has 1 aromatic heterocycles. The molecule has 2 aromatic rings. The van der Waals surface area contributed by atoms with Crippen molar-refractivity contribution < 1.29 is 13.2 Å². The molecule has 8 heteroatoms. The number of rotatable bonds is 4. The Labute approximate surface area is 150 Å². The second-order valence-corrected chi connectivity index (χ2v) is 9.07. The third-order valence-corrected chi connectivity index (χ3v) is 6.44. The highest BCUT2D eigenvalue weighted by Gasteiger charge is 2.30. The molecule has 1 aromatic carbocycles. The van der Waals surface area contributed by atoms with E-state index < -0.39 is 9.84 Å². The monoisotopic (exact) mass is 384 g/mol. The first kappa shape index (κ1) is 17.3. The van der Waals surface area contributed by atoms with Crippen molar-refractivity contribution in [2.24, 2.45) is 5.92 Å². The zero-order valence-corrected chi connectivity index (χ0v) is 15.4. The van der Waals surface area contributed by atoms with E-state index >= 15 is 0 Å². The number of sulfone groups is 1. The van der Waals surface area contributed by atoms with Crippen LogP contribution in [0.1, 0.15) is 6.42 Å². The topological polar surface area (TPSA) is 66.5 Å². The molecule has 3 rings (SSSR count). The molecule has 2 heterocycles. The number of nitrogens with one attached hydrogen (secondary N) is 1. The average molecular weight is 385 g/mol. The number of amides is 1. The molecule has 0 saturated carbocycles. The van der Waals surface area contributed by atoms with Crippen molar-refractivity contribution in [2.75, 3.05) is 29.6 Å². The van der Waals surface area contributed by atoms with Crippen LogP contribution in [0.3, 0.4) is 0 Å². The quantitative estimate of drug-likeness (QED) is 0.878. The van der Waals surface area contributed by atoms with Crippen molar-refractivity contribution >= 4 is 49.4 Å². The summed E-state index contributed by atoms with van der Waals surface area (Å²) in [6.07, 6.45) is 1.84. The van der Waals surface area contributed by atoms with Gasteiger partial charge >= 0.3 is 0 Å². The summed E-state index contributed by atoms with van der Waals surface area (Å²) in [5.74, 6) is -0.354. The number of carbonyl (C=O) groups excluding carboxylic acids is 1. The molecule has 5 nitrogen and oxygen atoms in total. The zero-order valence-electron chi connectivity index (χ0n) is 13.0. The normalized spacial score (nSPS) is 17.9. The Balaban J connectivity index is 1.70. The van der Waals surface area contributed by atoms with Gasteiger partial charge in [0.2, 0.25) is 5.91 Å². The Hall–Kier alpha value is -1.57. The van der Waals surface area contributed by atoms with Crippen LogP contribution in [0, 0.1) is 5.92 Å². The van der Waals surface area contributed by atoms with E-state index in [0.29, 0.717) is 23.0 Å². The third kappa shape index (κ3) is 3.58. The van der Waals surface area contributed by atoms with E-state index in [1.807, 2.05) is 24.3 Å². The largest absolute Gasteiger partial charge is 0.370 e. The first-order valence-corrected chi connectivity index (χ1v) is 10.6. The molecule has 1 aliphatic rings. The van der Waals surface area contributed by atoms with Gasteiger partial charge in [0.25, 0.3) is 0 Å². The number of para-hydroxylation sites is 1. The molecule has 1 atom stereocenters. The number of benzene rings is 1. The van der Waals surface area contributed by atoms with E-state index in [1.165, 1.54) is 17.4 Å². The lowest BCUT2D eigenvalue weighted by Crippen LogP contribution is -2.27. The van der Waals surface area contributed by atoms with Gasteiger partial charge in [0.15, 0.2) is 9.84 Å². The maximum Gasteiger partial charge on any atom is 0.229 e. The molecule has 24 heavy (non-hydrogen) atoms. The summed E-state index contributed by atoms with van der Waals surface area (Å²) in [5.41, 5.74) is 0.919. The minimum absolute atomic E-state index is 0.156. The fraction of sp³-hybridized carbons (Fsp3) is 0.312. The van der Waals surface area contributed by atoms with Crippen LogP contribution < -0.4 is 10.2 Å². The lowest BCUT2D eigenvalue weighted by Gasteiger charge is -2.19. The maximum absolute atomic E-state index is 12.5. The Bertz CT molecular complexity index is 864. The van der Waals surface area contributed by atoms with Crippen LogP contribution in [0.4, 0.5) is 10.7 Å². The molecule has 128 valence electrons. The van der Waals surface area contributed by atoms with Gasteiger partial charge in [0.05, 0.1) is 16.6 Å². The standard InChI is InChI=1S/C16H17ClN2O3S2/c1-24(21,22)14-7-9-23-16(14)18-15(20)11-6-8-19(10-11)13-5-3-2-4-12(13)17/h2-5,7,9,11H,6,8,10H2,1H3,(H,18,20). The van der Waals surface area contributed by atoms with Crippen LogP contribution in [-0.4, -0.2) is 33.7 Å². The SMILES string of the molecule is CS(=O)(=O)c1ccsc1NC(=O)C1CCN(c2ccccc2Cl)C1. The molecular weight excluding hydrogens is 368 g/mol. The van der Waals surface area contributed by atoms with E-state index in [9.17, 15) is 13.2 Å². The molecule has 0 spiro atoms. The molecule has 0 bridgehead atoms. The second-order valence-electron chi connectivity index (χ2n) is 5.76. The van der Waals surface area contributed by atoms with Gasteiger partial charge in [-0.25, -0.2) is 8.42 Å². The Morgan fingerprint density at radius 1 is 1.33 bits per heavy atom. The van der Waals surface area contributed by atoms with Gasteiger partial charge in [-0.15, -0.1) is 11.3 Å². The summed E-state index contributed by atoms with van der Waals surface area (Å²) in [5, 5.41) is 5.48. The van der Waals surface area contributed by atoms with Crippen LogP contribution in [0.15, 0.2) is 40.6 Å². The number of hydrogen-bond donors (Lipinski definition) is 1. The van der Waals surface area contributed by atoms with Crippen LogP contribution >= 0.6 is 22.9 Å². The predicted molar refractivity (Wildman–Crippen MR) is 97.8 cm³/mol. The number of thiophene rings is 1. The molecule has 1 aliphatic heterocycles. The molecule has 1 amide bonds. The van der Waals surface area contributed by atoms with Crippen molar-refractivity contribution in [1.82, 2.24) is 0 Å². The molecule has 1 N–H and O–H groups in total. The second kappa shape index (κ2) is 6.74. The number of halogens is 1. The van der Waals surface area contributed by atoms with Crippen molar-refractivity contribution in [3.8, 4) is 0 Å². The van der Waals surface area contributed by atoms with Crippen LogP contribution in [0.2, 0.25) is 5.02 Å². The van der Waals surface area contributed by atoms with Gasteiger partial charge in [-0.2, -0.15) is 0 Å². The first-order valence-electron chi connectivity index (χ1n) is 7.44. The molecule has 0 radical (unpaired) electrons. The van der Waals surface area contributed by atoms with Gasteiger partial charge in [0, 0.05) is 19.3 Å². The summed E-state index contributed by atoms with van der Waals surface area (Å²) < 4.78 is 23.4. The highest BCUT2D eigenvalue weighted by Crippen LogP contribution is 2.32. The van der Waals surface area contributed by atoms with Crippen LogP contribution in [0.5, 0.6) is 0 Å². The average Bonchev–Trinajstić information content (AvgIpc) is 3.16. The van der Waals surface area contributed by atoms with E-state index in [-0.39, 0.29) is 16.7 Å². The van der Waals surface area contributed by atoms with Gasteiger partial charge < -0.3 is 10.2 Å². The Kier molecular flexibility index (Phi) is 4.85. The lowest BCUT2D eigenvalue weighted by atomic mass is 10.1. The highest BCUT2D eigenvalue weighted by atomic mass is 35.5. The summed E-state index contributed by atoms with van der Waals surface area (Å²) in [4.78, 5) is 14.7. The van der Waals surface area contributed by atoms with E-state index in [1.54, 1.807) is 5.38 Å². The zero-order chi connectivity index (χ0) is 17.3. The highest BCUT2D eigenvalue weighted by molar-refractivity contribution is 7.91. The summed E-state index contributed by atoms with van der Waals surface area (Å²) in [6, 6.07) is 9.06. The van der Waals surface area contributed by atoms with E-state index in [4.69, 9.17) is 11.6 Å². The number of anilines is 2. The fourth-order valence-electron chi connectivity index (χ4n) is 2.80. The van der Waals surface area contributed by atoms with Gasteiger partial charge in [0.1, 0.15) is 9.90 Å². The summed E-state index contributed by atoms with van der Waals surface area (Å²) in [6.45, 7) is 1.31. The molecule has 1 unspecified atom stereocenters. The molecule has 0 aliphatic carbocycles. The number of nitrogens with zero attached hydrogens (tertiary/aromatic N) is 1. The van der Waals surface area contributed by atoms with Crippen LogP contribution in [-0.2, 0) is 14.6 Å². The summed E-state index contributed by atoms with van der Waals surface area (Å²) in [7, 11) is -3.35. The fourth-order valence-corrected chi connectivity index (χ4v) is 5.12. The molecule has 1 fully saturated rings. The van der Waals surface area contributed by atoms with Crippen molar-refractivity contribution in [2.45, 2.75) is 11.3 Å². The van der Waals surface area contributed by atoms with Crippen molar-refractivity contribution in [3.05, 3.63) is 40.7 Å². The Morgan fingerprint density at radius 2 is 2.08 bits per heavy atom. The third-order valence-electron chi connectivity index (χ3n) is 4.02. The lowest BCUT2D eigenvalue weighted by molar-refractivity contribution is -0.119. The van der Waals surface area contributed by atoms with Crippen molar-refractivity contribution in [1.29, 1.82) is 0 Å². The van der Waals surface area contributed by atoms with Crippen LogP contribution in [0.25, 0.3) is 0 Å². The van der Waals surface area contributed by atoms with Gasteiger partial charge in [-0.1, -0.05) is 23.7 Å². The minimum Gasteiger partial charge on any atom is -0.370 e. The summed E-state index contributed by atoms with van der Waals surface area (Å²) >= 11 is 7.43. The molecular formula is C16H17ClN2O3S2. The minimum atomic E-state index is -3.35. The first-order chi connectivity index (χ1) is 11.4. The number of carbonyl (C=O) groups is 1. The molecule has 1 saturated heterocycles. The van der Waals surface area contributed by atoms with E-state index in [2.05, 4.69) is 10.2 Å². The van der Waals surface area contributed by atoms with Crippen molar-refractivity contribution in [3.63, 3.8) is 0 Å². The smallest absolute Gasteiger partial charge is 0.229 e. The van der Waals surface area contributed by atoms with E-state index in [0.717, 1.165) is 18.5 Å². The number of hydrogen-bond acceptors (Lipinski definition) is 5. The predicted octanol–water partition coefficient (Wildman–Crippen LogP) is 3.27. The van der Waals surface area contributed by atoms with Gasteiger partial charge in [-0.3, -0.25) is 4.79 Å².